The van der Waals surface area contributed by atoms with E-state index in [-0.39, 0.29) is 17.4 Å². The van der Waals surface area contributed by atoms with Gasteiger partial charge in [0.05, 0.1) is 4.92 Å². The highest BCUT2D eigenvalue weighted by Crippen LogP contribution is 2.33. The van der Waals surface area contributed by atoms with Crippen molar-refractivity contribution in [2.45, 2.75) is 39.2 Å². The highest BCUT2D eigenvalue weighted by atomic mass is 19.1. The molecule has 4 nitrogen and oxygen atoms in total. The molecule has 1 aromatic rings. The normalized spacial score (nSPS) is 27.0. The van der Waals surface area contributed by atoms with Crippen molar-refractivity contribution < 1.29 is 9.31 Å². The lowest BCUT2D eigenvalue weighted by Gasteiger charge is -2.33. The van der Waals surface area contributed by atoms with E-state index in [9.17, 15) is 14.5 Å². The minimum absolute atomic E-state index is 0.0631. The standard InChI is InChI=1S/C14H19FN2O2/c1-9-3-4-10(2)12(7-9)16-13-8-11(15)5-6-14(13)17(18)19/h5-6,8-10,12,16H,3-4,7H2,1-2H3. The van der Waals surface area contributed by atoms with Crippen LogP contribution in [0.1, 0.15) is 33.1 Å². The van der Waals surface area contributed by atoms with Crippen LogP contribution in [0.4, 0.5) is 15.8 Å². The first-order chi connectivity index (χ1) is 8.97. The number of nitrogens with zero attached hydrogens (tertiary/aromatic N) is 1. The second kappa shape index (κ2) is 5.55. The van der Waals surface area contributed by atoms with E-state index in [1.807, 2.05) is 0 Å². The molecular formula is C14H19FN2O2. The molecule has 1 aliphatic carbocycles. The number of nitrogens with one attached hydrogen (secondary N) is 1. The molecule has 1 fully saturated rings. The molecule has 3 atom stereocenters. The Morgan fingerprint density at radius 3 is 2.79 bits per heavy atom. The van der Waals surface area contributed by atoms with Crippen molar-refractivity contribution in [3.8, 4) is 0 Å². The van der Waals surface area contributed by atoms with Gasteiger partial charge in [-0.25, -0.2) is 4.39 Å². The third kappa shape index (κ3) is 3.22. The molecule has 0 amide bonds. The van der Waals surface area contributed by atoms with Gasteiger partial charge in [-0.05, 0) is 30.7 Å². The molecular weight excluding hydrogens is 247 g/mol. The minimum Gasteiger partial charge on any atom is -0.376 e. The van der Waals surface area contributed by atoms with Crippen LogP contribution < -0.4 is 5.32 Å². The maximum Gasteiger partial charge on any atom is 0.292 e. The lowest BCUT2D eigenvalue weighted by atomic mass is 9.80. The summed E-state index contributed by atoms with van der Waals surface area (Å²) in [6, 6.07) is 3.72. The molecule has 1 saturated carbocycles. The van der Waals surface area contributed by atoms with Crippen molar-refractivity contribution in [1.82, 2.24) is 0 Å². The van der Waals surface area contributed by atoms with Gasteiger partial charge in [0.2, 0.25) is 0 Å². The molecule has 1 aliphatic rings. The number of hydrogen-bond acceptors (Lipinski definition) is 3. The summed E-state index contributed by atoms with van der Waals surface area (Å²) >= 11 is 0. The number of benzene rings is 1. The Bertz CT molecular complexity index is 479. The van der Waals surface area contributed by atoms with Gasteiger partial charge in [-0.2, -0.15) is 0 Å². The van der Waals surface area contributed by atoms with Crippen LogP contribution in [0.15, 0.2) is 18.2 Å². The zero-order valence-corrected chi connectivity index (χ0v) is 11.2. The van der Waals surface area contributed by atoms with Crippen LogP contribution in [0.2, 0.25) is 0 Å². The molecule has 0 spiro atoms. The van der Waals surface area contributed by atoms with Crippen molar-refractivity contribution in [2.75, 3.05) is 5.32 Å². The third-order valence-electron chi connectivity index (χ3n) is 3.95. The van der Waals surface area contributed by atoms with E-state index in [0.29, 0.717) is 11.8 Å². The predicted molar refractivity (Wildman–Crippen MR) is 72.6 cm³/mol. The Balaban J connectivity index is 2.22. The van der Waals surface area contributed by atoms with Crippen molar-refractivity contribution in [3.05, 3.63) is 34.1 Å². The number of rotatable bonds is 3. The summed E-state index contributed by atoms with van der Waals surface area (Å²) in [7, 11) is 0. The summed E-state index contributed by atoms with van der Waals surface area (Å²) in [5, 5.41) is 14.1. The first kappa shape index (κ1) is 13.8. The largest absolute Gasteiger partial charge is 0.376 e. The first-order valence-corrected chi connectivity index (χ1v) is 6.68. The van der Waals surface area contributed by atoms with Crippen molar-refractivity contribution in [2.24, 2.45) is 11.8 Å². The van der Waals surface area contributed by atoms with E-state index in [1.54, 1.807) is 0 Å². The van der Waals surface area contributed by atoms with Gasteiger partial charge in [-0.15, -0.1) is 0 Å². The molecule has 0 aliphatic heterocycles. The summed E-state index contributed by atoms with van der Waals surface area (Å²) in [5.74, 6) is 0.588. The molecule has 0 radical (unpaired) electrons. The molecule has 0 heterocycles. The van der Waals surface area contributed by atoms with E-state index in [1.165, 1.54) is 18.6 Å². The van der Waals surface area contributed by atoms with Gasteiger partial charge in [-0.3, -0.25) is 10.1 Å². The van der Waals surface area contributed by atoms with Crippen LogP contribution >= 0.6 is 0 Å². The average molecular weight is 266 g/mol. The van der Waals surface area contributed by atoms with Gasteiger partial charge in [-0.1, -0.05) is 20.3 Å². The fourth-order valence-electron chi connectivity index (χ4n) is 2.72. The summed E-state index contributed by atoms with van der Waals surface area (Å²) < 4.78 is 13.3. The highest BCUT2D eigenvalue weighted by Gasteiger charge is 2.27. The van der Waals surface area contributed by atoms with Crippen molar-refractivity contribution in [1.29, 1.82) is 0 Å². The SMILES string of the molecule is CC1CCC(C)C(Nc2cc(F)ccc2[N+](=O)[O-])C1. The molecule has 1 N–H and O–H groups in total. The summed E-state index contributed by atoms with van der Waals surface area (Å²) in [5.41, 5.74) is 0.225. The summed E-state index contributed by atoms with van der Waals surface area (Å²) in [4.78, 5) is 10.5. The number of hydrogen-bond donors (Lipinski definition) is 1. The van der Waals surface area contributed by atoms with Crippen LogP contribution in [-0.2, 0) is 0 Å². The van der Waals surface area contributed by atoms with Gasteiger partial charge in [0, 0.05) is 18.2 Å². The second-order valence-electron chi connectivity index (χ2n) is 5.56. The predicted octanol–water partition coefficient (Wildman–Crippen LogP) is 3.97. The Morgan fingerprint density at radius 2 is 2.11 bits per heavy atom. The lowest BCUT2D eigenvalue weighted by molar-refractivity contribution is -0.384. The first-order valence-electron chi connectivity index (χ1n) is 6.68. The number of anilines is 1. The number of nitro groups is 1. The molecule has 3 unspecified atom stereocenters. The van der Waals surface area contributed by atoms with E-state index < -0.39 is 10.7 Å². The lowest BCUT2D eigenvalue weighted by Crippen LogP contribution is -2.33. The van der Waals surface area contributed by atoms with Crippen LogP contribution in [0.25, 0.3) is 0 Å². The molecule has 19 heavy (non-hydrogen) atoms. The molecule has 5 heteroatoms. The third-order valence-corrected chi connectivity index (χ3v) is 3.95. The van der Waals surface area contributed by atoms with Crippen molar-refractivity contribution >= 4 is 11.4 Å². The van der Waals surface area contributed by atoms with Gasteiger partial charge in [0.15, 0.2) is 0 Å². The maximum atomic E-state index is 13.3. The smallest absolute Gasteiger partial charge is 0.292 e. The molecule has 0 bridgehead atoms. The average Bonchev–Trinajstić information content (AvgIpc) is 2.33. The summed E-state index contributed by atoms with van der Waals surface area (Å²) in [6.45, 7) is 4.31. The van der Waals surface area contributed by atoms with E-state index in [4.69, 9.17) is 0 Å². The van der Waals surface area contributed by atoms with Crippen LogP contribution in [0.3, 0.4) is 0 Å². The number of nitro benzene ring substituents is 1. The van der Waals surface area contributed by atoms with Gasteiger partial charge in [0.1, 0.15) is 11.5 Å². The second-order valence-corrected chi connectivity index (χ2v) is 5.56. The quantitative estimate of drug-likeness (QED) is 0.665. The van der Waals surface area contributed by atoms with Crippen molar-refractivity contribution in [3.63, 3.8) is 0 Å². The fraction of sp³-hybridized carbons (Fsp3) is 0.571. The Morgan fingerprint density at radius 1 is 1.37 bits per heavy atom. The Hall–Kier alpha value is -1.65. The number of halogens is 1. The monoisotopic (exact) mass is 266 g/mol. The molecule has 2 rings (SSSR count). The Labute approximate surface area is 112 Å². The van der Waals surface area contributed by atoms with Gasteiger partial charge in [0.25, 0.3) is 5.69 Å². The van der Waals surface area contributed by atoms with Crippen LogP contribution in [0, 0.1) is 27.8 Å². The minimum atomic E-state index is -0.474. The molecule has 0 saturated heterocycles. The Kier molecular flexibility index (Phi) is 4.02. The zero-order chi connectivity index (χ0) is 14.0. The van der Waals surface area contributed by atoms with Gasteiger partial charge < -0.3 is 5.32 Å². The van der Waals surface area contributed by atoms with Gasteiger partial charge >= 0.3 is 0 Å². The summed E-state index contributed by atoms with van der Waals surface area (Å²) in [6.07, 6.45) is 3.25. The van der Waals surface area contributed by atoms with E-state index >= 15 is 0 Å². The van der Waals surface area contributed by atoms with E-state index in [0.717, 1.165) is 18.9 Å². The zero-order valence-electron chi connectivity index (χ0n) is 11.2. The molecule has 1 aromatic carbocycles. The van der Waals surface area contributed by atoms with Crippen LogP contribution in [0.5, 0.6) is 0 Å². The fourth-order valence-corrected chi connectivity index (χ4v) is 2.72. The molecule has 104 valence electrons. The van der Waals surface area contributed by atoms with Crippen LogP contribution in [-0.4, -0.2) is 11.0 Å². The highest BCUT2D eigenvalue weighted by molar-refractivity contribution is 5.62. The topological polar surface area (TPSA) is 55.2 Å². The maximum absolute atomic E-state index is 13.3. The van der Waals surface area contributed by atoms with E-state index in [2.05, 4.69) is 19.2 Å². The molecule has 0 aromatic heterocycles.